The minimum absolute atomic E-state index is 0.0401. The van der Waals surface area contributed by atoms with Crippen LogP contribution in [0.2, 0.25) is 0 Å². The Morgan fingerprint density at radius 3 is 1.56 bits per heavy atom. The molecule has 1 aliphatic rings. The third kappa shape index (κ3) is 22.6. The first kappa shape index (κ1) is 71.3. The summed E-state index contributed by atoms with van der Waals surface area (Å²) in [6.07, 6.45) is -4.67. The molecule has 12 atom stereocenters. The molecule has 3 aromatic carbocycles. The van der Waals surface area contributed by atoms with Crippen LogP contribution in [0.15, 0.2) is 72.8 Å². The average Bonchev–Trinajstić information content (AvgIpc) is 3.69. The fraction of sp³-hybridized carbons (Fsp3) is 0.534. The molecule has 1 heterocycles. The Labute approximate surface area is 505 Å². The number of hydrogen-bond acceptors (Lipinski definition) is 18. The Bertz CT molecular complexity index is 2830. The number of carbonyl (C=O) groups is 11. The van der Waals surface area contributed by atoms with Gasteiger partial charge in [0.25, 0.3) is 5.91 Å². The first-order valence-electron chi connectivity index (χ1n) is 29.2. The van der Waals surface area contributed by atoms with Gasteiger partial charge in [-0.1, -0.05) is 74.5 Å². The molecule has 29 heteroatoms. The highest BCUT2D eigenvalue weighted by atomic mass is 16.3. The van der Waals surface area contributed by atoms with Crippen LogP contribution in [0.25, 0.3) is 10.8 Å². The fourth-order valence-electron chi connectivity index (χ4n) is 9.44. The Hall–Kier alpha value is -8.19. The normalized spacial score (nSPS) is 22.3. The molecule has 0 radical (unpaired) electrons. The van der Waals surface area contributed by atoms with Crippen molar-refractivity contribution in [2.75, 3.05) is 39.3 Å². The monoisotopic (exact) mass is 1220 g/mol. The van der Waals surface area contributed by atoms with Gasteiger partial charge < -0.3 is 97.4 Å². The summed E-state index contributed by atoms with van der Waals surface area (Å²) in [6.45, 7) is 4.69. The van der Waals surface area contributed by atoms with E-state index in [1.54, 1.807) is 68.4 Å². The number of carbonyl (C=O) groups excluding carboxylic acids is 11. The summed E-state index contributed by atoms with van der Waals surface area (Å²) in [6, 6.07) is 5.76. The first-order valence-corrected chi connectivity index (χ1v) is 29.2. The van der Waals surface area contributed by atoms with Gasteiger partial charge in [-0.15, -0.1) is 0 Å². The largest absolute Gasteiger partial charge is 0.391 e. The van der Waals surface area contributed by atoms with Crippen LogP contribution in [0.4, 0.5) is 0 Å². The molecule has 1 fully saturated rings. The van der Waals surface area contributed by atoms with Gasteiger partial charge in [0, 0.05) is 18.5 Å². The maximum absolute atomic E-state index is 14.6. The summed E-state index contributed by atoms with van der Waals surface area (Å²) < 4.78 is 0. The molecule has 4 rings (SSSR count). The minimum atomic E-state index is -1.75. The Morgan fingerprint density at radius 2 is 1.02 bits per heavy atom. The Morgan fingerprint density at radius 1 is 0.529 bits per heavy atom. The van der Waals surface area contributed by atoms with Crippen molar-refractivity contribution in [3.8, 4) is 0 Å². The summed E-state index contributed by atoms with van der Waals surface area (Å²) in [5.74, 6) is -10.3. The molecular formula is C58H88N16O13. The maximum atomic E-state index is 14.6. The smallest absolute Gasteiger partial charge is 0.251 e. The number of benzene rings is 3. The zero-order chi connectivity index (χ0) is 64.3. The highest BCUT2D eigenvalue weighted by Crippen LogP contribution is 2.17. The summed E-state index contributed by atoms with van der Waals surface area (Å²) >= 11 is 0. The van der Waals surface area contributed by atoms with Gasteiger partial charge in [0.05, 0.1) is 12.2 Å². The fourth-order valence-corrected chi connectivity index (χ4v) is 9.44. The highest BCUT2D eigenvalue weighted by Gasteiger charge is 2.38. The molecule has 1 saturated heterocycles. The molecule has 0 aromatic heterocycles. The SMILES string of the molecule is CC(C)C[C@@H]1NC(=O)[C@@H](Cc2ccccc2)NC(=O)[C@H](CCN)NC(=O)[C@@H](NC(=O)[C@H](CCN)NC(=O)[C@@H](NC(=O)[C@H](CCN)NC(=O)c2ccc3ccccc3c2)[C@@H](C)O)CCNC(=O)[C@H]([C@@H](C)O)NC(=O)[C@H](CCN)NC(=O)[C@H](CCN)NC1=O. The zero-order valence-electron chi connectivity index (χ0n) is 49.6. The van der Waals surface area contributed by atoms with Crippen LogP contribution in [0.3, 0.4) is 0 Å². The number of fused-ring (bicyclic) bond motifs is 1. The molecule has 87 heavy (non-hydrogen) atoms. The molecule has 11 amide bonds. The molecule has 29 nitrogen and oxygen atoms in total. The van der Waals surface area contributed by atoms with E-state index in [0.717, 1.165) is 10.8 Å². The van der Waals surface area contributed by atoms with E-state index < -0.39 is 151 Å². The van der Waals surface area contributed by atoms with E-state index >= 15 is 0 Å². The Kier molecular flexibility index (Phi) is 29.6. The minimum Gasteiger partial charge on any atom is -0.391 e. The number of rotatable bonds is 24. The van der Waals surface area contributed by atoms with Gasteiger partial charge in [-0.05, 0) is 126 Å². The van der Waals surface area contributed by atoms with Gasteiger partial charge in [0.15, 0.2) is 0 Å². The second-order valence-electron chi connectivity index (χ2n) is 21.8. The lowest BCUT2D eigenvalue weighted by molar-refractivity contribution is -0.136. The van der Waals surface area contributed by atoms with E-state index in [1.165, 1.54) is 13.8 Å². The van der Waals surface area contributed by atoms with Crippen molar-refractivity contribution in [1.82, 2.24) is 58.5 Å². The second-order valence-corrected chi connectivity index (χ2v) is 21.8. The lowest BCUT2D eigenvalue weighted by Crippen LogP contribution is -2.62. The van der Waals surface area contributed by atoms with Crippen LogP contribution >= 0.6 is 0 Å². The zero-order valence-corrected chi connectivity index (χ0v) is 49.6. The molecule has 1 aliphatic heterocycles. The van der Waals surface area contributed by atoms with E-state index in [2.05, 4.69) is 58.5 Å². The third-order valence-corrected chi connectivity index (χ3v) is 14.2. The van der Waals surface area contributed by atoms with Crippen molar-refractivity contribution in [3.63, 3.8) is 0 Å². The van der Waals surface area contributed by atoms with E-state index in [9.17, 15) is 63.0 Å². The molecule has 478 valence electrons. The van der Waals surface area contributed by atoms with Gasteiger partial charge in [0.1, 0.15) is 60.4 Å². The van der Waals surface area contributed by atoms with Crippen LogP contribution in [0, 0.1) is 5.92 Å². The summed E-state index contributed by atoms with van der Waals surface area (Å²) in [7, 11) is 0. The molecule has 0 unspecified atom stereocenters. The van der Waals surface area contributed by atoms with Gasteiger partial charge in [-0.25, -0.2) is 0 Å². The average molecular weight is 1220 g/mol. The maximum Gasteiger partial charge on any atom is 0.251 e. The molecule has 0 saturated carbocycles. The van der Waals surface area contributed by atoms with Crippen molar-refractivity contribution < 1.29 is 63.0 Å². The number of nitrogens with one attached hydrogen (secondary N) is 11. The molecule has 3 aromatic rings. The number of amides is 11. The van der Waals surface area contributed by atoms with Gasteiger partial charge in [-0.3, -0.25) is 52.7 Å². The lowest BCUT2D eigenvalue weighted by atomic mass is 10.00. The predicted molar refractivity (Wildman–Crippen MR) is 322 cm³/mol. The predicted octanol–water partition coefficient (Wildman–Crippen LogP) is -5.38. The number of aliphatic hydroxyl groups excluding tert-OH is 2. The van der Waals surface area contributed by atoms with Gasteiger partial charge in [0.2, 0.25) is 59.1 Å². The lowest BCUT2D eigenvalue weighted by Gasteiger charge is -2.29. The Balaban J connectivity index is 1.70. The summed E-state index contributed by atoms with van der Waals surface area (Å²) in [5.41, 5.74) is 30.2. The van der Waals surface area contributed by atoms with E-state index in [4.69, 9.17) is 28.7 Å². The van der Waals surface area contributed by atoms with Gasteiger partial charge in [-0.2, -0.15) is 0 Å². The van der Waals surface area contributed by atoms with E-state index in [0.29, 0.717) is 5.56 Å². The second kappa shape index (κ2) is 36.1. The van der Waals surface area contributed by atoms with E-state index in [1.807, 2.05) is 18.2 Å². The number of hydrogen-bond donors (Lipinski definition) is 18. The molecule has 0 aliphatic carbocycles. The van der Waals surface area contributed by atoms with Crippen molar-refractivity contribution >= 4 is 75.8 Å². The summed E-state index contributed by atoms with van der Waals surface area (Å²) in [4.78, 5) is 155. The quantitative estimate of drug-likeness (QED) is 0.0398. The van der Waals surface area contributed by atoms with Crippen LogP contribution in [-0.4, -0.2) is 187 Å². The third-order valence-electron chi connectivity index (χ3n) is 14.2. The van der Waals surface area contributed by atoms with E-state index in [-0.39, 0.29) is 89.2 Å². The van der Waals surface area contributed by atoms with Crippen molar-refractivity contribution in [2.45, 2.75) is 152 Å². The van der Waals surface area contributed by atoms with Crippen molar-refractivity contribution in [2.24, 2.45) is 34.6 Å². The molecule has 23 N–H and O–H groups in total. The van der Waals surface area contributed by atoms with Crippen molar-refractivity contribution in [1.29, 1.82) is 0 Å². The molecule has 0 bridgehead atoms. The highest BCUT2D eigenvalue weighted by molar-refractivity contribution is 6.02. The first-order chi connectivity index (χ1) is 41.4. The topological polar surface area (TPSA) is 491 Å². The van der Waals surface area contributed by atoms with Crippen LogP contribution in [-0.2, 0) is 54.4 Å². The number of nitrogens with two attached hydrogens (primary N) is 5. The van der Waals surface area contributed by atoms with Crippen molar-refractivity contribution in [3.05, 3.63) is 83.9 Å². The van der Waals surface area contributed by atoms with Crippen LogP contribution < -0.4 is 87.2 Å². The molecular weight excluding hydrogens is 1130 g/mol. The summed E-state index contributed by atoms with van der Waals surface area (Å²) in [5, 5.41) is 51.3. The number of aliphatic hydroxyl groups is 2. The van der Waals surface area contributed by atoms with Gasteiger partial charge >= 0.3 is 0 Å². The standard InChI is InChI=1S/C58H88N16O13/c1-31(2)28-44-55(84)68-38(16-22-59)49(78)67-42(20-26-63)54(83)73-46(32(3)75)57(86)64-27-21-43(52(81)66-39(17-23-60)51(80)72-45(56(85)71-44)29-34-10-6-5-7-11-34)69-50(79)40(18-24-61)70-58(87)47(33(4)76)74-53(82)41(19-25-62)65-48(77)37-15-14-35-12-8-9-13-36(35)30-37/h5-15,30-33,38-47,75-76H,16-29,59-63H2,1-4H3,(H,64,86)(H,65,77)(H,66,81)(H,67,78)(H,68,84)(H,69,79)(H,70,87)(H,71,85)(H,72,80)(H,73,83)(H,74,82)/t32-,33-,38+,39+,40+,41+,42+,43+,44+,45-,46+,47+/m1/s1. The van der Waals surface area contributed by atoms with Crippen LogP contribution in [0.5, 0.6) is 0 Å². The van der Waals surface area contributed by atoms with Crippen LogP contribution in [0.1, 0.15) is 88.6 Å². The molecule has 0 spiro atoms.